The Balaban J connectivity index is 2.03. The number of amides is 2. The van der Waals surface area contributed by atoms with E-state index in [1.807, 2.05) is 13.8 Å². The quantitative estimate of drug-likeness (QED) is 0.372. The zero-order valence-corrected chi connectivity index (χ0v) is 23.2. The molecule has 0 spiro atoms. The van der Waals surface area contributed by atoms with E-state index in [4.69, 9.17) is 0 Å². The molecule has 0 aliphatic rings. The SMILES string of the molecule is Cc1ccc(S(=O)(=O)N(CC(=O)N(Cc2ccccc2F)[C@H](C)C(=O)NCC(C)C)c2ccccc2F)cc1. The zero-order chi connectivity index (χ0) is 28.7. The molecule has 0 bridgehead atoms. The second kappa shape index (κ2) is 12.8. The van der Waals surface area contributed by atoms with Crippen LogP contribution < -0.4 is 9.62 Å². The minimum absolute atomic E-state index is 0.132. The van der Waals surface area contributed by atoms with Crippen molar-refractivity contribution < 1.29 is 26.8 Å². The fourth-order valence-electron chi connectivity index (χ4n) is 3.85. The van der Waals surface area contributed by atoms with Gasteiger partial charge < -0.3 is 10.2 Å². The molecule has 3 aromatic rings. The van der Waals surface area contributed by atoms with Crippen LogP contribution in [0, 0.1) is 24.5 Å². The maximum absolute atomic E-state index is 14.9. The Bertz CT molecular complexity index is 1410. The molecule has 1 N–H and O–H groups in total. The number of sulfonamides is 1. The van der Waals surface area contributed by atoms with Crippen LogP contribution in [-0.2, 0) is 26.2 Å². The van der Waals surface area contributed by atoms with Crippen LogP contribution in [0.2, 0.25) is 0 Å². The lowest BCUT2D eigenvalue weighted by Gasteiger charge is -2.32. The van der Waals surface area contributed by atoms with Gasteiger partial charge in [0.05, 0.1) is 10.6 Å². The number of para-hydroxylation sites is 1. The largest absolute Gasteiger partial charge is 0.354 e. The first-order valence-electron chi connectivity index (χ1n) is 12.6. The molecule has 3 rings (SSSR count). The zero-order valence-electron chi connectivity index (χ0n) is 22.4. The summed E-state index contributed by atoms with van der Waals surface area (Å²) in [5, 5.41) is 2.75. The fourth-order valence-corrected chi connectivity index (χ4v) is 5.27. The maximum Gasteiger partial charge on any atom is 0.264 e. The fraction of sp³-hybridized carbons (Fsp3) is 0.310. The van der Waals surface area contributed by atoms with E-state index >= 15 is 0 Å². The summed E-state index contributed by atoms with van der Waals surface area (Å²) in [4.78, 5) is 27.7. The Labute approximate surface area is 228 Å². The van der Waals surface area contributed by atoms with E-state index in [1.54, 1.807) is 25.1 Å². The van der Waals surface area contributed by atoms with Crippen LogP contribution in [0.3, 0.4) is 0 Å². The Hall–Kier alpha value is -3.79. The van der Waals surface area contributed by atoms with Crippen LogP contribution in [0.1, 0.15) is 31.9 Å². The van der Waals surface area contributed by atoms with Gasteiger partial charge in [-0.25, -0.2) is 17.2 Å². The number of carbonyl (C=O) groups is 2. The molecule has 0 saturated heterocycles. The van der Waals surface area contributed by atoms with E-state index in [1.165, 1.54) is 55.5 Å². The van der Waals surface area contributed by atoms with Crippen molar-refractivity contribution in [2.75, 3.05) is 17.4 Å². The van der Waals surface area contributed by atoms with Gasteiger partial charge in [0.25, 0.3) is 10.0 Å². The molecular formula is C29H33F2N3O4S. The molecule has 208 valence electrons. The number of aryl methyl sites for hydroxylation is 1. The van der Waals surface area contributed by atoms with Gasteiger partial charge in [-0.15, -0.1) is 0 Å². The molecule has 10 heteroatoms. The number of nitrogens with one attached hydrogen (secondary N) is 1. The van der Waals surface area contributed by atoms with E-state index < -0.39 is 46.1 Å². The summed E-state index contributed by atoms with van der Waals surface area (Å²) in [6.45, 7) is 6.35. The van der Waals surface area contributed by atoms with Gasteiger partial charge >= 0.3 is 0 Å². The molecule has 0 saturated carbocycles. The van der Waals surface area contributed by atoms with Crippen molar-refractivity contribution in [3.8, 4) is 0 Å². The average Bonchev–Trinajstić information content (AvgIpc) is 2.90. The van der Waals surface area contributed by atoms with Gasteiger partial charge in [-0.2, -0.15) is 0 Å². The van der Waals surface area contributed by atoms with Crippen LogP contribution in [0.4, 0.5) is 14.5 Å². The number of rotatable bonds is 11. The molecule has 7 nitrogen and oxygen atoms in total. The Morgan fingerprint density at radius 1 is 0.872 bits per heavy atom. The van der Waals surface area contributed by atoms with Gasteiger partial charge in [0.1, 0.15) is 24.2 Å². The predicted octanol–water partition coefficient (Wildman–Crippen LogP) is 4.66. The third-order valence-electron chi connectivity index (χ3n) is 6.16. The molecule has 0 aliphatic carbocycles. The number of carbonyl (C=O) groups excluding carboxylic acids is 2. The first kappa shape index (κ1) is 29.8. The van der Waals surface area contributed by atoms with Crippen molar-refractivity contribution in [1.29, 1.82) is 0 Å². The number of anilines is 1. The summed E-state index contributed by atoms with van der Waals surface area (Å²) >= 11 is 0. The summed E-state index contributed by atoms with van der Waals surface area (Å²) in [5.41, 5.74) is 0.641. The Morgan fingerprint density at radius 3 is 2.05 bits per heavy atom. The molecule has 3 aromatic carbocycles. The highest BCUT2D eigenvalue weighted by Crippen LogP contribution is 2.27. The number of hydrogen-bond acceptors (Lipinski definition) is 4. The number of halogens is 2. The van der Waals surface area contributed by atoms with Crippen LogP contribution >= 0.6 is 0 Å². The highest BCUT2D eigenvalue weighted by molar-refractivity contribution is 7.92. The van der Waals surface area contributed by atoms with Gasteiger partial charge in [-0.05, 0) is 50.1 Å². The first-order valence-corrected chi connectivity index (χ1v) is 14.0. The molecule has 0 aliphatic heterocycles. The minimum atomic E-state index is -4.40. The summed E-state index contributed by atoms with van der Waals surface area (Å²) < 4.78 is 57.6. The van der Waals surface area contributed by atoms with Crippen LogP contribution in [0.5, 0.6) is 0 Å². The minimum Gasteiger partial charge on any atom is -0.354 e. The van der Waals surface area contributed by atoms with Crippen molar-refractivity contribution in [3.05, 3.63) is 95.6 Å². The van der Waals surface area contributed by atoms with Gasteiger partial charge in [0, 0.05) is 18.7 Å². The number of hydrogen-bond donors (Lipinski definition) is 1. The summed E-state index contributed by atoms with van der Waals surface area (Å²) in [6.07, 6.45) is 0. The smallest absolute Gasteiger partial charge is 0.264 e. The molecule has 0 fully saturated rings. The normalized spacial score (nSPS) is 12.2. The molecule has 39 heavy (non-hydrogen) atoms. The highest BCUT2D eigenvalue weighted by atomic mass is 32.2. The maximum atomic E-state index is 14.9. The van der Waals surface area contributed by atoms with Crippen LogP contribution in [0.25, 0.3) is 0 Å². The van der Waals surface area contributed by atoms with Crippen molar-refractivity contribution in [1.82, 2.24) is 10.2 Å². The van der Waals surface area contributed by atoms with E-state index in [-0.39, 0.29) is 28.6 Å². The van der Waals surface area contributed by atoms with Gasteiger partial charge in [0.2, 0.25) is 11.8 Å². The lowest BCUT2D eigenvalue weighted by atomic mass is 10.1. The first-order chi connectivity index (χ1) is 18.4. The lowest BCUT2D eigenvalue weighted by Crippen LogP contribution is -2.51. The van der Waals surface area contributed by atoms with E-state index in [2.05, 4.69) is 5.32 Å². The Morgan fingerprint density at radius 2 is 1.46 bits per heavy atom. The topological polar surface area (TPSA) is 86.8 Å². The Kier molecular flexibility index (Phi) is 9.80. The molecule has 0 heterocycles. The van der Waals surface area contributed by atoms with Crippen molar-refractivity contribution in [2.45, 2.75) is 45.2 Å². The molecule has 2 amide bonds. The lowest BCUT2D eigenvalue weighted by molar-refractivity contribution is -0.139. The molecule has 0 unspecified atom stereocenters. The van der Waals surface area contributed by atoms with E-state index in [9.17, 15) is 26.8 Å². The monoisotopic (exact) mass is 557 g/mol. The predicted molar refractivity (Wildman–Crippen MR) is 146 cm³/mol. The number of nitrogens with zero attached hydrogens (tertiary/aromatic N) is 2. The average molecular weight is 558 g/mol. The second-order valence-electron chi connectivity index (χ2n) is 9.70. The van der Waals surface area contributed by atoms with Crippen molar-refractivity contribution >= 4 is 27.5 Å². The molecular weight excluding hydrogens is 524 g/mol. The van der Waals surface area contributed by atoms with Crippen LogP contribution in [-0.4, -0.2) is 44.3 Å². The van der Waals surface area contributed by atoms with Crippen molar-refractivity contribution in [2.24, 2.45) is 5.92 Å². The molecule has 0 aromatic heterocycles. The number of benzene rings is 3. The molecule has 1 atom stereocenters. The van der Waals surface area contributed by atoms with Gasteiger partial charge in [-0.1, -0.05) is 61.9 Å². The molecule has 0 radical (unpaired) electrons. The van der Waals surface area contributed by atoms with Gasteiger partial charge in [0.15, 0.2) is 0 Å². The summed E-state index contributed by atoms with van der Waals surface area (Å²) in [5.74, 6) is -2.56. The van der Waals surface area contributed by atoms with Gasteiger partial charge in [-0.3, -0.25) is 13.9 Å². The standard InChI is InChI=1S/C29H33F2N3O4S/c1-20(2)17-32-29(36)22(4)33(18-23-9-5-6-10-25(23)30)28(35)19-34(27-12-8-7-11-26(27)31)39(37,38)24-15-13-21(3)14-16-24/h5-16,20,22H,17-19H2,1-4H3,(H,32,36)/t22-/m1/s1. The van der Waals surface area contributed by atoms with Crippen LogP contribution in [0.15, 0.2) is 77.7 Å². The summed E-state index contributed by atoms with van der Waals surface area (Å²) in [6, 6.07) is 15.9. The van der Waals surface area contributed by atoms with E-state index in [0.29, 0.717) is 10.8 Å². The third-order valence-corrected chi connectivity index (χ3v) is 7.93. The third kappa shape index (κ3) is 7.41. The van der Waals surface area contributed by atoms with Crippen molar-refractivity contribution in [3.63, 3.8) is 0 Å². The highest BCUT2D eigenvalue weighted by Gasteiger charge is 2.33. The van der Waals surface area contributed by atoms with E-state index in [0.717, 1.165) is 16.5 Å². The second-order valence-corrected chi connectivity index (χ2v) is 11.6. The summed E-state index contributed by atoms with van der Waals surface area (Å²) in [7, 11) is -4.40.